The van der Waals surface area contributed by atoms with Gasteiger partial charge >= 0.3 is 0 Å². The Labute approximate surface area is 111 Å². The molecule has 0 bridgehead atoms. The van der Waals surface area contributed by atoms with Crippen molar-refractivity contribution in [2.75, 3.05) is 11.9 Å². The van der Waals surface area contributed by atoms with Crippen LogP contribution in [-0.2, 0) is 0 Å². The summed E-state index contributed by atoms with van der Waals surface area (Å²) in [4.78, 5) is 14.3. The smallest absolute Gasteiger partial charge is 0.276 e. The van der Waals surface area contributed by atoms with Crippen molar-refractivity contribution in [1.82, 2.24) is 4.98 Å². The maximum absolute atomic E-state index is 10.7. The molecule has 0 saturated heterocycles. The summed E-state index contributed by atoms with van der Waals surface area (Å²) in [6.07, 6.45) is 4.79. The SMILES string of the molecule is CCC1(CNc2cc([N+](=O)[O-])cc(Cl)n2)CCC1. The number of aromatic nitrogens is 1. The third kappa shape index (κ3) is 2.72. The van der Waals surface area contributed by atoms with Gasteiger partial charge in [0.05, 0.1) is 17.1 Å². The van der Waals surface area contributed by atoms with Crippen molar-refractivity contribution in [3.05, 3.63) is 27.4 Å². The molecule has 1 aliphatic carbocycles. The van der Waals surface area contributed by atoms with E-state index in [1.807, 2.05) is 0 Å². The van der Waals surface area contributed by atoms with Gasteiger partial charge in [-0.15, -0.1) is 0 Å². The number of pyridine rings is 1. The largest absolute Gasteiger partial charge is 0.369 e. The van der Waals surface area contributed by atoms with Crippen molar-refractivity contribution in [3.63, 3.8) is 0 Å². The first-order chi connectivity index (χ1) is 8.54. The Bertz CT molecular complexity index is 455. The molecule has 1 aliphatic rings. The number of anilines is 1. The van der Waals surface area contributed by atoms with E-state index >= 15 is 0 Å². The monoisotopic (exact) mass is 269 g/mol. The predicted molar refractivity (Wildman–Crippen MR) is 71.0 cm³/mol. The molecule has 1 aromatic heterocycles. The molecule has 1 saturated carbocycles. The highest BCUT2D eigenvalue weighted by Gasteiger charge is 2.34. The third-order valence-corrected chi connectivity index (χ3v) is 3.99. The van der Waals surface area contributed by atoms with E-state index in [4.69, 9.17) is 11.6 Å². The molecule has 0 amide bonds. The van der Waals surface area contributed by atoms with Crippen LogP contribution in [0.5, 0.6) is 0 Å². The summed E-state index contributed by atoms with van der Waals surface area (Å²) in [6, 6.07) is 2.68. The standard InChI is InChI=1S/C12H16ClN3O2/c1-2-12(4-3-5-12)8-14-11-7-9(16(17)18)6-10(13)15-11/h6-7H,2-5,8H2,1H3,(H,14,15). The highest BCUT2D eigenvalue weighted by Crippen LogP contribution is 2.43. The van der Waals surface area contributed by atoms with E-state index in [9.17, 15) is 10.1 Å². The van der Waals surface area contributed by atoms with Gasteiger partial charge in [-0.05, 0) is 24.7 Å². The van der Waals surface area contributed by atoms with Gasteiger partial charge in [0.1, 0.15) is 11.0 Å². The van der Waals surface area contributed by atoms with Gasteiger partial charge in [-0.3, -0.25) is 10.1 Å². The Kier molecular flexibility index (Phi) is 3.71. The van der Waals surface area contributed by atoms with Gasteiger partial charge in [0.25, 0.3) is 5.69 Å². The molecule has 1 aromatic rings. The second kappa shape index (κ2) is 5.10. The highest BCUT2D eigenvalue weighted by molar-refractivity contribution is 6.29. The van der Waals surface area contributed by atoms with E-state index in [-0.39, 0.29) is 10.8 Å². The molecule has 2 rings (SSSR count). The van der Waals surface area contributed by atoms with E-state index in [1.54, 1.807) is 0 Å². The van der Waals surface area contributed by atoms with Crippen molar-refractivity contribution in [2.45, 2.75) is 32.6 Å². The Morgan fingerprint density at radius 2 is 2.28 bits per heavy atom. The minimum absolute atomic E-state index is 0.0309. The summed E-state index contributed by atoms with van der Waals surface area (Å²) in [5.74, 6) is 0.480. The van der Waals surface area contributed by atoms with Gasteiger partial charge in [0, 0.05) is 6.54 Å². The molecule has 5 nitrogen and oxygen atoms in total. The van der Waals surface area contributed by atoms with Crippen molar-refractivity contribution in [3.8, 4) is 0 Å². The van der Waals surface area contributed by atoms with E-state index in [2.05, 4.69) is 17.2 Å². The fraction of sp³-hybridized carbons (Fsp3) is 0.583. The molecule has 18 heavy (non-hydrogen) atoms. The van der Waals surface area contributed by atoms with Gasteiger partial charge in [-0.2, -0.15) is 0 Å². The van der Waals surface area contributed by atoms with Crippen LogP contribution in [0.1, 0.15) is 32.6 Å². The number of nitrogens with one attached hydrogen (secondary N) is 1. The summed E-state index contributed by atoms with van der Waals surface area (Å²) in [5, 5.41) is 14.0. The Morgan fingerprint density at radius 3 is 2.78 bits per heavy atom. The molecule has 0 radical (unpaired) electrons. The van der Waals surface area contributed by atoms with Crippen LogP contribution in [0.25, 0.3) is 0 Å². The molecule has 1 fully saturated rings. The number of nitro groups is 1. The Balaban J connectivity index is 2.07. The molecule has 1 heterocycles. The zero-order valence-electron chi connectivity index (χ0n) is 10.3. The second-order valence-electron chi connectivity index (χ2n) is 4.85. The van der Waals surface area contributed by atoms with Crippen LogP contribution in [0.3, 0.4) is 0 Å². The zero-order chi connectivity index (χ0) is 13.2. The molecule has 1 N–H and O–H groups in total. The van der Waals surface area contributed by atoms with Gasteiger partial charge in [-0.1, -0.05) is 24.9 Å². The second-order valence-corrected chi connectivity index (χ2v) is 5.24. The fourth-order valence-electron chi connectivity index (χ4n) is 2.29. The average molecular weight is 270 g/mol. The first kappa shape index (κ1) is 13.1. The van der Waals surface area contributed by atoms with Crippen molar-refractivity contribution in [2.24, 2.45) is 5.41 Å². The number of hydrogen-bond donors (Lipinski definition) is 1. The number of rotatable bonds is 5. The molecular formula is C12H16ClN3O2. The molecule has 98 valence electrons. The number of halogens is 1. The van der Waals surface area contributed by atoms with Crippen LogP contribution in [-0.4, -0.2) is 16.5 Å². The highest BCUT2D eigenvalue weighted by atomic mass is 35.5. The lowest BCUT2D eigenvalue weighted by atomic mass is 9.67. The van der Waals surface area contributed by atoms with E-state index in [0.29, 0.717) is 11.2 Å². The van der Waals surface area contributed by atoms with Crippen LogP contribution < -0.4 is 5.32 Å². The van der Waals surface area contributed by atoms with Gasteiger partial charge in [0.2, 0.25) is 0 Å². The predicted octanol–water partition coefficient (Wildman–Crippen LogP) is 3.64. The molecule has 6 heteroatoms. The zero-order valence-corrected chi connectivity index (χ0v) is 11.0. The maximum atomic E-state index is 10.7. The third-order valence-electron chi connectivity index (χ3n) is 3.80. The first-order valence-corrected chi connectivity index (χ1v) is 6.48. The molecule has 0 atom stereocenters. The summed E-state index contributed by atoms with van der Waals surface area (Å²) in [5.41, 5.74) is 0.301. The van der Waals surface area contributed by atoms with E-state index in [1.165, 1.54) is 31.4 Å². The minimum atomic E-state index is -0.461. The number of hydrogen-bond acceptors (Lipinski definition) is 4. The summed E-state index contributed by atoms with van der Waals surface area (Å²) in [6.45, 7) is 2.97. The van der Waals surface area contributed by atoms with Crippen molar-refractivity contribution >= 4 is 23.1 Å². The van der Waals surface area contributed by atoms with Crippen molar-refractivity contribution in [1.29, 1.82) is 0 Å². The Hall–Kier alpha value is -1.36. The molecule has 0 aliphatic heterocycles. The lowest BCUT2D eigenvalue weighted by Gasteiger charge is -2.41. The molecule has 0 aromatic carbocycles. The van der Waals surface area contributed by atoms with Crippen LogP contribution in [0, 0.1) is 15.5 Å². The maximum Gasteiger partial charge on any atom is 0.276 e. The van der Waals surface area contributed by atoms with Crippen LogP contribution in [0.4, 0.5) is 11.5 Å². The normalized spacial score (nSPS) is 17.0. The van der Waals surface area contributed by atoms with E-state index in [0.717, 1.165) is 13.0 Å². The van der Waals surface area contributed by atoms with E-state index < -0.39 is 4.92 Å². The van der Waals surface area contributed by atoms with Crippen LogP contribution in [0.15, 0.2) is 12.1 Å². The van der Waals surface area contributed by atoms with Gasteiger partial charge < -0.3 is 5.32 Å². The lowest BCUT2D eigenvalue weighted by molar-refractivity contribution is -0.384. The minimum Gasteiger partial charge on any atom is -0.369 e. The molecule has 0 unspecified atom stereocenters. The van der Waals surface area contributed by atoms with Crippen LogP contribution in [0.2, 0.25) is 5.15 Å². The summed E-state index contributed by atoms with van der Waals surface area (Å²) < 4.78 is 0. The van der Waals surface area contributed by atoms with Crippen LogP contribution >= 0.6 is 11.6 Å². The quantitative estimate of drug-likeness (QED) is 0.503. The summed E-state index contributed by atoms with van der Waals surface area (Å²) in [7, 11) is 0. The summed E-state index contributed by atoms with van der Waals surface area (Å²) >= 11 is 5.77. The fourth-order valence-corrected chi connectivity index (χ4v) is 2.49. The Morgan fingerprint density at radius 1 is 1.56 bits per heavy atom. The van der Waals surface area contributed by atoms with Gasteiger partial charge in [0.15, 0.2) is 0 Å². The van der Waals surface area contributed by atoms with Gasteiger partial charge in [-0.25, -0.2) is 4.98 Å². The van der Waals surface area contributed by atoms with Crippen molar-refractivity contribution < 1.29 is 4.92 Å². The lowest BCUT2D eigenvalue weighted by Crippen LogP contribution is -2.36. The topological polar surface area (TPSA) is 68.1 Å². The number of nitrogens with zero attached hydrogens (tertiary/aromatic N) is 2. The molecule has 0 spiro atoms. The molecular weight excluding hydrogens is 254 g/mol. The average Bonchev–Trinajstić information content (AvgIpc) is 2.27. The first-order valence-electron chi connectivity index (χ1n) is 6.10.